The van der Waals surface area contributed by atoms with Crippen molar-refractivity contribution in [2.75, 3.05) is 54.0 Å². The molecule has 4 rings (SSSR count). The molecule has 2 fully saturated rings. The second-order valence-electron chi connectivity index (χ2n) is 7.83. The van der Waals surface area contributed by atoms with Crippen molar-refractivity contribution in [1.82, 2.24) is 5.32 Å². The van der Waals surface area contributed by atoms with Crippen LogP contribution < -0.4 is 20.0 Å². The average molecular weight is 425 g/mol. The third-order valence-electron chi connectivity index (χ3n) is 5.72. The van der Waals surface area contributed by atoms with E-state index in [4.69, 9.17) is 17.0 Å². The first-order valence-electron chi connectivity index (χ1n) is 10.4. The van der Waals surface area contributed by atoms with Crippen molar-refractivity contribution < 1.29 is 9.53 Å². The predicted octanol–water partition coefficient (Wildman–Crippen LogP) is 3.58. The van der Waals surface area contributed by atoms with Gasteiger partial charge in [-0.15, -0.1) is 0 Å². The van der Waals surface area contributed by atoms with Crippen molar-refractivity contribution >= 4 is 40.4 Å². The fourth-order valence-electron chi connectivity index (χ4n) is 4.06. The number of carbonyl (C=O) groups excluding carboxylic acids is 1. The van der Waals surface area contributed by atoms with Crippen LogP contribution in [0.1, 0.15) is 12.5 Å². The van der Waals surface area contributed by atoms with E-state index >= 15 is 0 Å². The number of hydrogen-bond donors (Lipinski definition) is 1. The van der Waals surface area contributed by atoms with Crippen molar-refractivity contribution in [1.29, 1.82) is 0 Å². The number of thiocarbonyl (C=S) groups is 1. The van der Waals surface area contributed by atoms with Gasteiger partial charge in [-0.05, 0) is 49.7 Å². The topological polar surface area (TPSA) is 48.0 Å². The summed E-state index contributed by atoms with van der Waals surface area (Å²) in [4.78, 5) is 19.5. The number of ether oxygens (including phenoxy) is 1. The normalized spacial score (nSPS) is 19.1. The van der Waals surface area contributed by atoms with Crippen LogP contribution in [0.3, 0.4) is 0 Å². The van der Waals surface area contributed by atoms with Gasteiger partial charge in [0.2, 0.25) is 0 Å². The van der Waals surface area contributed by atoms with Crippen molar-refractivity contribution in [2.45, 2.75) is 20.0 Å². The smallest absolute Gasteiger partial charge is 0.414 e. The summed E-state index contributed by atoms with van der Waals surface area (Å²) in [5.74, 6) is 0. The van der Waals surface area contributed by atoms with Crippen LogP contribution in [0.15, 0.2) is 48.5 Å². The number of para-hydroxylation sites is 1. The zero-order valence-electron chi connectivity index (χ0n) is 17.5. The molecule has 158 valence electrons. The van der Waals surface area contributed by atoms with Gasteiger partial charge < -0.3 is 19.9 Å². The largest absolute Gasteiger partial charge is 0.442 e. The molecule has 2 aliphatic heterocycles. The molecule has 0 saturated carbocycles. The van der Waals surface area contributed by atoms with Crippen LogP contribution in [0.5, 0.6) is 0 Å². The Bertz CT molecular complexity index is 910. The van der Waals surface area contributed by atoms with Gasteiger partial charge in [0, 0.05) is 43.2 Å². The maximum atomic E-state index is 12.2. The predicted molar refractivity (Wildman–Crippen MR) is 126 cm³/mol. The summed E-state index contributed by atoms with van der Waals surface area (Å²) in [5.41, 5.74) is 4.70. The number of piperazine rings is 1. The number of hydrogen-bond acceptors (Lipinski definition) is 5. The number of nitrogens with zero attached hydrogens (tertiary/aromatic N) is 3. The first-order valence-corrected chi connectivity index (χ1v) is 10.8. The number of rotatable bonds is 5. The summed E-state index contributed by atoms with van der Waals surface area (Å²) >= 11 is 5.03. The number of cyclic esters (lactones) is 1. The van der Waals surface area contributed by atoms with Crippen molar-refractivity contribution in [3.05, 3.63) is 54.1 Å². The van der Waals surface area contributed by atoms with Gasteiger partial charge in [-0.3, -0.25) is 4.90 Å². The molecule has 2 aliphatic rings. The molecular weight excluding hydrogens is 396 g/mol. The third kappa shape index (κ3) is 4.51. The van der Waals surface area contributed by atoms with Crippen molar-refractivity contribution in [2.24, 2.45) is 0 Å². The van der Waals surface area contributed by atoms with Crippen LogP contribution in [0.25, 0.3) is 0 Å². The molecule has 0 spiro atoms. The lowest BCUT2D eigenvalue weighted by molar-refractivity contribution is 0.143. The van der Waals surface area contributed by atoms with Crippen molar-refractivity contribution in [3.63, 3.8) is 0 Å². The Morgan fingerprint density at radius 2 is 1.67 bits per heavy atom. The van der Waals surface area contributed by atoms with Gasteiger partial charge in [-0.25, -0.2) is 4.79 Å². The Balaban J connectivity index is 1.35. The summed E-state index contributed by atoms with van der Waals surface area (Å²) < 4.78 is 5.44. The van der Waals surface area contributed by atoms with E-state index in [0.717, 1.165) is 31.9 Å². The first-order chi connectivity index (χ1) is 14.5. The molecule has 0 unspecified atom stereocenters. The Morgan fingerprint density at radius 3 is 2.33 bits per heavy atom. The number of carbonyl (C=O) groups is 1. The van der Waals surface area contributed by atoms with Gasteiger partial charge in [0.25, 0.3) is 0 Å². The van der Waals surface area contributed by atoms with Crippen LogP contribution in [0.4, 0.5) is 21.9 Å². The summed E-state index contributed by atoms with van der Waals surface area (Å²) in [6.45, 7) is 9.01. The van der Waals surface area contributed by atoms with Gasteiger partial charge in [0.1, 0.15) is 6.10 Å². The number of amides is 1. The molecule has 6 nitrogen and oxygen atoms in total. The van der Waals surface area contributed by atoms with Crippen LogP contribution >= 0.6 is 12.2 Å². The SMILES string of the molecule is CC(=S)NC[C@H]1CN(c2ccc(N3CCN(c4ccccc4C)CC3)cc2)C(=O)O1. The highest BCUT2D eigenvalue weighted by molar-refractivity contribution is 7.80. The minimum absolute atomic E-state index is 0.190. The lowest BCUT2D eigenvalue weighted by Gasteiger charge is -2.38. The van der Waals surface area contributed by atoms with E-state index in [-0.39, 0.29) is 12.2 Å². The number of nitrogens with one attached hydrogen (secondary N) is 1. The quantitative estimate of drug-likeness (QED) is 0.741. The second-order valence-corrected chi connectivity index (χ2v) is 8.44. The molecule has 2 aromatic carbocycles. The summed E-state index contributed by atoms with van der Waals surface area (Å²) in [6.07, 6.45) is -0.493. The first kappa shape index (κ1) is 20.5. The van der Waals surface area contributed by atoms with E-state index in [1.165, 1.54) is 16.9 Å². The Labute approximate surface area is 183 Å². The minimum Gasteiger partial charge on any atom is -0.442 e. The molecule has 2 heterocycles. The summed E-state index contributed by atoms with van der Waals surface area (Å²) in [5, 5.41) is 3.07. The van der Waals surface area contributed by atoms with E-state index in [1.807, 2.05) is 19.1 Å². The molecule has 1 amide bonds. The second kappa shape index (κ2) is 8.92. The molecular formula is C23H28N4O2S. The molecule has 30 heavy (non-hydrogen) atoms. The molecule has 0 radical (unpaired) electrons. The van der Waals surface area contributed by atoms with Gasteiger partial charge in [0.05, 0.1) is 18.1 Å². The number of anilines is 3. The maximum absolute atomic E-state index is 12.2. The number of aryl methyl sites for hydroxylation is 1. The molecule has 0 aromatic heterocycles. The number of benzene rings is 2. The zero-order valence-corrected chi connectivity index (χ0v) is 18.3. The van der Waals surface area contributed by atoms with Crippen LogP contribution in [-0.4, -0.2) is 56.5 Å². The lowest BCUT2D eigenvalue weighted by atomic mass is 10.1. The fraction of sp³-hybridized carbons (Fsp3) is 0.391. The Kier molecular flexibility index (Phi) is 6.08. The highest BCUT2D eigenvalue weighted by atomic mass is 32.1. The highest BCUT2D eigenvalue weighted by Crippen LogP contribution is 2.27. The zero-order chi connectivity index (χ0) is 21.1. The fourth-order valence-corrected chi connectivity index (χ4v) is 4.15. The van der Waals surface area contributed by atoms with Gasteiger partial charge >= 0.3 is 6.09 Å². The van der Waals surface area contributed by atoms with Gasteiger partial charge in [-0.2, -0.15) is 0 Å². The highest BCUT2D eigenvalue weighted by Gasteiger charge is 2.32. The van der Waals surface area contributed by atoms with E-state index in [2.05, 4.69) is 58.4 Å². The van der Waals surface area contributed by atoms with Crippen LogP contribution in [-0.2, 0) is 4.74 Å². The summed E-state index contributed by atoms with van der Waals surface area (Å²) in [7, 11) is 0. The monoisotopic (exact) mass is 424 g/mol. The van der Waals surface area contributed by atoms with E-state index in [9.17, 15) is 4.79 Å². The lowest BCUT2D eigenvalue weighted by Crippen LogP contribution is -2.46. The Morgan fingerprint density at radius 1 is 1.03 bits per heavy atom. The molecule has 7 heteroatoms. The minimum atomic E-state index is -0.302. The molecule has 0 aliphatic carbocycles. The van der Waals surface area contributed by atoms with E-state index in [0.29, 0.717) is 18.1 Å². The van der Waals surface area contributed by atoms with Crippen molar-refractivity contribution in [3.8, 4) is 0 Å². The molecule has 2 saturated heterocycles. The van der Waals surface area contributed by atoms with Gasteiger partial charge in [-0.1, -0.05) is 30.4 Å². The third-order valence-corrected chi connectivity index (χ3v) is 5.86. The molecule has 2 aromatic rings. The molecule has 0 bridgehead atoms. The van der Waals surface area contributed by atoms with Crippen LogP contribution in [0, 0.1) is 6.92 Å². The summed E-state index contributed by atoms with van der Waals surface area (Å²) in [6, 6.07) is 16.8. The molecule has 1 N–H and O–H groups in total. The van der Waals surface area contributed by atoms with Crippen LogP contribution in [0.2, 0.25) is 0 Å². The standard InChI is InChI=1S/C23H28N4O2S/c1-17-5-3-4-6-22(17)26-13-11-25(12-14-26)19-7-9-20(10-8-19)27-16-21(29-23(27)28)15-24-18(2)30/h3-10,21H,11-16H2,1-2H3,(H,24,30)/t21-/m0/s1. The maximum Gasteiger partial charge on any atom is 0.414 e. The average Bonchev–Trinajstić information content (AvgIpc) is 3.13. The van der Waals surface area contributed by atoms with E-state index in [1.54, 1.807) is 4.90 Å². The molecule has 1 atom stereocenters. The van der Waals surface area contributed by atoms with Gasteiger partial charge in [0.15, 0.2) is 0 Å². The Hall–Kier alpha value is -2.80. The van der Waals surface area contributed by atoms with E-state index < -0.39 is 0 Å².